The Morgan fingerprint density at radius 2 is 2.09 bits per heavy atom. The number of ether oxygens (including phenoxy) is 1. The molecule has 23 heavy (non-hydrogen) atoms. The Balaban J connectivity index is 2.36. The number of sulfonamides is 1. The van der Waals surface area contributed by atoms with Crippen molar-refractivity contribution in [3.05, 3.63) is 29.6 Å². The Morgan fingerprint density at radius 1 is 1.39 bits per heavy atom. The SMILES string of the molecule is COC(=O)c1c(F)cccc1S(=O)(=O)NC1CCCCC1CN. The zero-order valence-electron chi connectivity index (χ0n) is 12.9. The lowest BCUT2D eigenvalue weighted by Crippen LogP contribution is -2.45. The summed E-state index contributed by atoms with van der Waals surface area (Å²) >= 11 is 0. The van der Waals surface area contributed by atoms with E-state index in [0.29, 0.717) is 13.0 Å². The number of rotatable bonds is 5. The van der Waals surface area contributed by atoms with Gasteiger partial charge in [-0.1, -0.05) is 18.9 Å². The molecule has 1 saturated carbocycles. The van der Waals surface area contributed by atoms with Crippen molar-refractivity contribution in [3.63, 3.8) is 0 Å². The van der Waals surface area contributed by atoms with Crippen LogP contribution >= 0.6 is 0 Å². The van der Waals surface area contributed by atoms with E-state index in [2.05, 4.69) is 9.46 Å². The van der Waals surface area contributed by atoms with E-state index in [4.69, 9.17) is 5.73 Å². The summed E-state index contributed by atoms with van der Waals surface area (Å²) in [5.74, 6) is -1.92. The van der Waals surface area contributed by atoms with Crippen molar-refractivity contribution in [2.75, 3.05) is 13.7 Å². The smallest absolute Gasteiger partial charge is 0.342 e. The third-order valence-corrected chi connectivity index (χ3v) is 5.71. The van der Waals surface area contributed by atoms with E-state index in [-0.39, 0.29) is 12.0 Å². The Kier molecular flexibility index (Phi) is 5.72. The number of nitrogens with one attached hydrogen (secondary N) is 1. The Labute approximate surface area is 135 Å². The van der Waals surface area contributed by atoms with E-state index < -0.39 is 32.3 Å². The van der Waals surface area contributed by atoms with Crippen LogP contribution in [0.15, 0.2) is 23.1 Å². The molecular weight excluding hydrogens is 323 g/mol. The molecule has 128 valence electrons. The van der Waals surface area contributed by atoms with Crippen LogP contribution in [-0.2, 0) is 14.8 Å². The van der Waals surface area contributed by atoms with Gasteiger partial charge in [0.2, 0.25) is 10.0 Å². The molecule has 2 atom stereocenters. The van der Waals surface area contributed by atoms with Crippen LogP contribution in [0, 0.1) is 11.7 Å². The molecule has 8 heteroatoms. The molecular formula is C15H21FN2O4S. The number of carbonyl (C=O) groups excluding carboxylic acids is 1. The number of esters is 1. The highest BCUT2D eigenvalue weighted by Crippen LogP contribution is 2.26. The molecule has 6 nitrogen and oxygen atoms in total. The van der Waals surface area contributed by atoms with Gasteiger partial charge in [-0.2, -0.15) is 0 Å². The maximum Gasteiger partial charge on any atom is 0.342 e. The average molecular weight is 344 g/mol. The molecule has 0 heterocycles. The minimum absolute atomic E-state index is 0.0358. The second-order valence-electron chi connectivity index (χ2n) is 5.61. The second kappa shape index (κ2) is 7.37. The third-order valence-electron chi connectivity index (χ3n) is 4.17. The quantitative estimate of drug-likeness (QED) is 0.787. The summed E-state index contributed by atoms with van der Waals surface area (Å²) in [4.78, 5) is 11.3. The van der Waals surface area contributed by atoms with Gasteiger partial charge >= 0.3 is 5.97 Å². The van der Waals surface area contributed by atoms with Gasteiger partial charge in [-0.25, -0.2) is 22.3 Å². The molecule has 0 bridgehead atoms. The Hall–Kier alpha value is -1.51. The molecule has 0 aromatic heterocycles. The van der Waals surface area contributed by atoms with Crippen LogP contribution in [0.4, 0.5) is 4.39 Å². The highest BCUT2D eigenvalue weighted by atomic mass is 32.2. The third kappa shape index (κ3) is 3.88. The van der Waals surface area contributed by atoms with Crippen molar-refractivity contribution >= 4 is 16.0 Å². The predicted octanol–water partition coefficient (Wildman–Crippen LogP) is 1.41. The predicted molar refractivity (Wildman–Crippen MR) is 82.9 cm³/mol. The van der Waals surface area contributed by atoms with Gasteiger partial charge in [0.25, 0.3) is 0 Å². The zero-order valence-corrected chi connectivity index (χ0v) is 13.7. The molecule has 1 fully saturated rings. The van der Waals surface area contributed by atoms with Crippen LogP contribution in [0.25, 0.3) is 0 Å². The van der Waals surface area contributed by atoms with Gasteiger partial charge in [0.15, 0.2) is 0 Å². The number of carbonyl (C=O) groups is 1. The van der Waals surface area contributed by atoms with Crippen LogP contribution in [0.5, 0.6) is 0 Å². The number of benzene rings is 1. The summed E-state index contributed by atoms with van der Waals surface area (Å²) in [6, 6.07) is 3.15. The molecule has 2 unspecified atom stereocenters. The van der Waals surface area contributed by atoms with Crippen LogP contribution in [0.2, 0.25) is 0 Å². The normalized spacial score (nSPS) is 21.9. The van der Waals surface area contributed by atoms with Crippen LogP contribution in [0.1, 0.15) is 36.0 Å². The summed E-state index contributed by atoms with van der Waals surface area (Å²) in [6.45, 7) is 0.375. The standard InChI is InChI=1S/C15H21FN2O4S/c1-22-15(19)14-11(16)6-4-8-13(14)23(20,21)18-12-7-3-2-5-10(12)9-17/h4,6,8,10,12,18H,2-3,5,7,9,17H2,1H3. The fourth-order valence-electron chi connectivity index (χ4n) is 2.94. The minimum atomic E-state index is -4.06. The molecule has 1 aromatic carbocycles. The molecule has 0 aliphatic heterocycles. The van der Waals surface area contributed by atoms with Gasteiger partial charge in [0, 0.05) is 6.04 Å². The fraction of sp³-hybridized carbons (Fsp3) is 0.533. The van der Waals surface area contributed by atoms with Crippen LogP contribution in [-0.4, -0.2) is 34.1 Å². The molecule has 2 rings (SSSR count). The molecule has 0 spiro atoms. The highest BCUT2D eigenvalue weighted by molar-refractivity contribution is 7.89. The van der Waals surface area contributed by atoms with Gasteiger partial charge in [-0.3, -0.25) is 0 Å². The largest absolute Gasteiger partial charge is 0.465 e. The summed E-state index contributed by atoms with van der Waals surface area (Å²) in [5.41, 5.74) is 5.13. The van der Waals surface area contributed by atoms with E-state index in [1.54, 1.807) is 0 Å². The maximum atomic E-state index is 13.9. The monoisotopic (exact) mass is 344 g/mol. The molecule has 1 aromatic rings. The van der Waals surface area contributed by atoms with E-state index in [1.807, 2.05) is 0 Å². The topological polar surface area (TPSA) is 98.5 Å². The molecule has 0 amide bonds. The summed E-state index contributed by atoms with van der Waals surface area (Å²) in [6.07, 6.45) is 3.42. The van der Waals surface area contributed by atoms with Gasteiger partial charge in [0.1, 0.15) is 11.4 Å². The van der Waals surface area contributed by atoms with E-state index in [1.165, 1.54) is 12.1 Å². The van der Waals surface area contributed by atoms with E-state index in [9.17, 15) is 17.6 Å². The lowest BCUT2D eigenvalue weighted by Gasteiger charge is -2.31. The van der Waals surface area contributed by atoms with Crippen LogP contribution < -0.4 is 10.5 Å². The second-order valence-corrected chi connectivity index (χ2v) is 7.29. The first-order valence-electron chi connectivity index (χ1n) is 7.50. The van der Waals surface area contributed by atoms with Crippen molar-refractivity contribution in [2.24, 2.45) is 11.7 Å². The number of methoxy groups -OCH3 is 1. The summed E-state index contributed by atoms with van der Waals surface area (Å²) in [7, 11) is -2.98. The van der Waals surface area contributed by atoms with Crippen molar-refractivity contribution < 1.29 is 22.3 Å². The first-order valence-corrected chi connectivity index (χ1v) is 8.98. The molecule has 1 aliphatic carbocycles. The van der Waals surface area contributed by atoms with Gasteiger partial charge < -0.3 is 10.5 Å². The Bertz CT molecular complexity index is 678. The van der Waals surface area contributed by atoms with Gasteiger partial charge in [-0.05, 0) is 37.4 Å². The molecule has 0 radical (unpaired) electrons. The highest BCUT2D eigenvalue weighted by Gasteiger charge is 2.32. The average Bonchev–Trinajstić information content (AvgIpc) is 2.54. The first kappa shape index (κ1) is 17.8. The van der Waals surface area contributed by atoms with E-state index >= 15 is 0 Å². The van der Waals surface area contributed by atoms with Crippen molar-refractivity contribution in [2.45, 2.75) is 36.6 Å². The summed E-state index contributed by atoms with van der Waals surface area (Å²) in [5, 5.41) is 0. The van der Waals surface area contributed by atoms with Gasteiger partial charge in [-0.15, -0.1) is 0 Å². The molecule has 3 N–H and O–H groups in total. The molecule has 1 aliphatic rings. The minimum Gasteiger partial charge on any atom is -0.465 e. The van der Waals surface area contributed by atoms with Crippen molar-refractivity contribution in [3.8, 4) is 0 Å². The lowest BCUT2D eigenvalue weighted by molar-refractivity contribution is 0.0590. The number of hydrogen-bond acceptors (Lipinski definition) is 5. The van der Waals surface area contributed by atoms with Crippen molar-refractivity contribution in [1.29, 1.82) is 0 Å². The lowest BCUT2D eigenvalue weighted by atomic mass is 9.85. The fourth-order valence-corrected chi connectivity index (χ4v) is 4.48. The number of halogens is 1. The molecule has 0 saturated heterocycles. The number of hydrogen-bond donors (Lipinski definition) is 2. The summed E-state index contributed by atoms with van der Waals surface area (Å²) < 4.78 is 46.3. The van der Waals surface area contributed by atoms with Gasteiger partial charge in [0.05, 0.1) is 12.0 Å². The maximum absolute atomic E-state index is 13.9. The number of nitrogens with two attached hydrogens (primary N) is 1. The van der Waals surface area contributed by atoms with E-state index in [0.717, 1.165) is 32.4 Å². The first-order chi connectivity index (χ1) is 10.9. The zero-order chi connectivity index (χ0) is 17.0. The van der Waals surface area contributed by atoms with Crippen LogP contribution in [0.3, 0.4) is 0 Å². The Morgan fingerprint density at radius 3 is 2.74 bits per heavy atom. The van der Waals surface area contributed by atoms with Crippen molar-refractivity contribution in [1.82, 2.24) is 4.72 Å².